The molecule has 4 amide bonds. The van der Waals surface area contributed by atoms with Crippen LogP contribution in [-0.4, -0.2) is 76.3 Å². The molecule has 0 radical (unpaired) electrons. The second kappa shape index (κ2) is 16.1. The van der Waals surface area contributed by atoms with E-state index in [0.717, 1.165) is 49.7 Å². The Morgan fingerprint density at radius 2 is 1.86 bits per heavy atom. The van der Waals surface area contributed by atoms with Gasteiger partial charge in [0.1, 0.15) is 12.1 Å². The van der Waals surface area contributed by atoms with Crippen LogP contribution in [0.15, 0.2) is 46.2 Å². The van der Waals surface area contributed by atoms with Crippen LogP contribution in [0.1, 0.15) is 95.1 Å². The number of likely N-dealkylation sites (tertiary alicyclic amines) is 1. The number of ketones is 1. The van der Waals surface area contributed by atoms with Crippen molar-refractivity contribution < 1.29 is 28.8 Å². The van der Waals surface area contributed by atoms with Crippen LogP contribution in [0, 0.1) is 5.92 Å². The minimum absolute atomic E-state index is 0.00563. The van der Waals surface area contributed by atoms with E-state index in [1.54, 1.807) is 12.1 Å². The average molecular weight is 724 g/mol. The number of benzene rings is 1. The van der Waals surface area contributed by atoms with Crippen molar-refractivity contribution in [2.24, 2.45) is 11.1 Å². The highest BCUT2D eigenvalue weighted by molar-refractivity contribution is 7.07. The zero-order valence-electron chi connectivity index (χ0n) is 28.5. The zero-order chi connectivity index (χ0) is 35.3. The van der Waals surface area contributed by atoms with Crippen LogP contribution in [0.2, 0.25) is 5.02 Å². The van der Waals surface area contributed by atoms with Gasteiger partial charge in [-0.15, -0.1) is 0 Å². The predicted octanol–water partition coefficient (Wildman–Crippen LogP) is 4.70. The molecule has 3 heterocycles. The average Bonchev–Trinajstić information content (AvgIpc) is 3.45. The number of rotatable bonds is 14. The summed E-state index contributed by atoms with van der Waals surface area (Å²) in [7, 11) is 0. The van der Waals surface area contributed by atoms with Crippen molar-refractivity contribution in [3.63, 3.8) is 0 Å². The molecule has 1 aromatic carbocycles. The van der Waals surface area contributed by atoms with Gasteiger partial charge in [-0.05, 0) is 72.5 Å². The van der Waals surface area contributed by atoms with E-state index < -0.39 is 47.2 Å². The first-order valence-corrected chi connectivity index (χ1v) is 19.2. The molecule has 4 atom stereocenters. The normalized spacial score (nSPS) is 23.1. The van der Waals surface area contributed by atoms with Gasteiger partial charge >= 0.3 is 0 Å². The van der Waals surface area contributed by atoms with Crippen LogP contribution < -0.4 is 16.0 Å². The largest absolute Gasteiger partial charge is 0.387 e. The number of nitrogens with zero attached hydrogens (tertiary/aromatic N) is 2. The third kappa shape index (κ3) is 8.93. The van der Waals surface area contributed by atoms with Crippen LogP contribution in [0.4, 0.5) is 0 Å². The lowest BCUT2D eigenvalue weighted by molar-refractivity contribution is -0.143. The molecule has 2 saturated carbocycles. The van der Waals surface area contributed by atoms with Gasteiger partial charge < -0.3 is 25.7 Å². The Labute approximate surface area is 301 Å². The number of nitrogens with one attached hydrogen (secondary N) is 3. The molecule has 268 valence electrons. The molecule has 4 aliphatic rings. The van der Waals surface area contributed by atoms with Gasteiger partial charge in [-0.3, -0.25) is 24.0 Å². The molecule has 0 unspecified atom stereocenters. The van der Waals surface area contributed by atoms with Crippen LogP contribution >= 0.6 is 22.9 Å². The van der Waals surface area contributed by atoms with E-state index in [9.17, 15) is 24.0 Å². The summed E-state index contributed by atoms with van der Waals surface area (Å²) in [5.74, 6) is -2.27. The van der Waals surface area contributed by atoms with Gasteiger partial charge in [-0.2, -0.15) is 11.3 Å². The maximum atomic E-state index is 14.6. The molecule has 13 heteroatoms. The van der Waals surface area contributed by atoms with Crippen molar-refractivity contribution >= 4 is 58.1 Å². The Kier molecular flexibility index (Phi) is 11.6. The zero-order valence-corrected chi connectivity index (χ0v) is 30.0. The van der Waals surface area contributed by atoms with Crippen molar-refractivity contribution in [2.75, 3.05) is 6.54 Å². The Bertz CT molecular complexity index is 1610. The van der Waals surface area contributed by atoms with E-state index >= 15 is 0 Å². The van der Waals surface area contributed by atoms with Gasteiger partial charge in [-0.25, -0.2) is 0 Å². The molecule has 6 rings (SSSR count). The summed E-state index contributed by atoms with van der Waals surface area (Å²) in [6.07, 6.45) is 8.91. The van der Waals surface area contributed by atoms with E-state index in [-0.39, 0.29) is 43.7 Å². The molecular weight excluding hydrogens is 678 g/mol. The molecule has 1 aromatic heterocycles. The summed E-state index contributed by atoms with van der Waals surface area (Å²) in [6.45, 7) is 1.92. The Hall–Kier alpha value is -3.77. The van der Waals surface area contributed by atoms with E-state index in [0.29, 0.717) is 30.0 Å². The molecule has 3 fully saturated rings. The maximum Gasteiger partial charge on any atom is 0.289 e. The first-order chi connectivity index (χ1) is 24.1. The van der Waals surface area contributed by atoms with Crippen molar-refractivity contribution in [3.8, 4) is 0 Å². The Morgan fingerprint density at radius 1 is 1.06 bits per heavy atom. The van der Waals surface area contributed by atoms with Gasteiger partial charge in [0.05, 0.1) is 18.3 Å². The molecule has 0 bridgehead atoms. The molecule has 1 saturated heterocycles. The first-order valence-electron chi connectivity index (χ1n) is 17.9. The highest BCUT2D eigenvalue weighted by Crippen LogP contribution is 2.39. The van der Waals surface area contributed by atoms with Gasteiger partial charge in [0.25, 0.3) is 5.91 Å². The molecular formula is C37H46ClN5O6S. The molecule has 2 aromatic rings. The fraction of sp³-hybridized carbons (Fsp3) is 0.568. The fourth-order valence-electron chi connectivity index (χ4n) is 7.37. The van der Waals surface area contributed by atoms with E-state index in [1.807, 2.05) is 35.9 Å². The molecule has 2 aliphatic carbocycles. The number of carbonyl (C=O) groups excluding carboxylic acids is 5. The van der Waals surface area contributed by atoms with Crippen molar-refractivity contribution in [1.82, 2.24) is 20.9 Å². The van der Waals surface area contributed by atoms with Crippen molar-refractivity contribution in [3.05, 3.63) is 57.2 Å². The Morgan fingerprint density at radius 3 is 2.56 bits per heavy atom. The quantitative estimate of drug-likeness (QED) is 0.241. The van der Waals surface area contributed by atoms with E-state index in [2.05, 4.69) is 21.1 Å². The van der Waals surface area contributed by atoms with E-state index in [1.165, 1.54) is 22.7 Å². The smallest absolute Gasteiger partial charge is 0.289 e. The lowest BCUT2D eigenvalue weighted by atomic mass is 9.87. The number of Topliss-reactive ketones (excluding diaryl/α,β-unsaturated/α-hetero) is 1. The number of oxime groups is 1. The summed E-state index contributed by atoms with van der Waals surface area (Å²) < 4.78 is 0. The number of amides is 4. The standard InChI is InChI=1S/C37H46ClN5O6S/c1-2-7-28(33(45)35(47)39-27-12-13-27)41-34(46)31-20-37(19-30(42-49-37)25-10-6-11-26(38)18-25)22-43(31)36(48)29(16-24-14-15-50-21-24)40-32(44)17-23-8-4-3-5-9-23/h6,10-11,14-15,18,21,23,27-29,31H,2-5,7-9,12-13,16-17,19-20,22H2,1H3,(H,39,47)(H,40,44)(H,41,46)/t28-,29-,31-,37+/m0/s1. The SMILES string of the molecule is CCC[C@H](NC(=O)[C@@H]1C[C@]2(CC(c3cccc(Cl)c3)=NO2)CN1C(=O)[C@H](Cc1ccsc1)NC(=O)CC1CCCCC1)C(=O)C(=O)NC1CC1. The molecule has 50 heavy (non-hydrogen) atoms. The van der Waals surface area contributed by atoms with Crippen LogP contribution in [0.3, 0.4) is 0 Å². The highest BCUT2D eigenvalue weighted by atomic mass is 35.5. The fourth-order valence-corrected chi connectivity index (χ4v) is 8.24. The second-order valence-electron chi connectivity index (χ2n) is 14.3. The second-order valence-corrected chi connectivity index (χ2v) is 15.5. The summed E-state index contributed by atoms with van der Waals surface area (Å²) in [6, 6.07) is 6.18. The molecule has 3 N–H and O–H groups in total. The van der Waals surface area contributed by atoms with Crippen molar-refractivity contribution in [1.29, 1.82) is 0 Å². The summed E-state index contributed by atoms with van der Waals surface area (Å²) in [5.41, 5.74) is 1.32. The lowest BCUT2D eigenvalue weighted by Crippen LogP contribution is -2.56. The van der Waals surface area contributed by atoms with Crippen LogP contribution in [0.5, 0.6) is 0 Å². The minimum Gasteiger partial charge on any atom is -0.387 e. The third-order valence-electron chi connectivity index (χ3n) is 10.2. The summed E-state index contributed by atoms with van der Waals surface area (Å²) >= 11 is 7.77. The highest BCUT2D eigenvalue weighted by Gasteiger charge is 2.55. The van der Waals surface area contributed by atoms with Gasteiger partial charge in [0.2, 0.25) is 23.5 Å². The van der Waals surface area contributed by atoms with Gasteiger partial charge in [0, 0.05) is 42.3 Å². The van der Waals surface area contributed by atoms with Crippen LogP contribution in [-0.2, 0) is 35.2 Å². The molecule has 2 aliphatic heterocycles. The number of hydrogen-bond acceptors (Lipinski definition) is 8. The summed E-state index contributed by atoms with van der Waals surface area (Å²) in [4.78, 5) is 75.7. The third-order valence-corrected chi connectivity index (χ3v) is 11.1. The summed E-state index contributed by atoms with van der Waals surface area (Å²) in [5, 5.41) is 17.4. The topological polar surface area (TPSA) is 146 Å². The number of halogens is 1. The number of carbonyl (C=O) groups is 5. The van der Waals surface area contributed by atoms with Gasteiger partial charge in [0.15, 0.2) is 5.60 Å². The minimum atomic E-state index is -1.04. The monoisotopic (exact) mass is 723 g/mol. The van der Waals surface area contributed by atoms with Gasteiger partial charge in [-0.1, -0.05) is 61.5 Å². The maximum absolute atomic E-state index is 14.6. The molecule has 11 nitrogen and oxygen atoms in total. The predicted molar refractivity (Wildman–Crippen MR) is 191 cm³/mol. The van der Waals surface area contributed by atoms with Crippen molar-refractivity contribution in [2.45, 2.75) is 120 Å². The molecule has 1 spiro atoms. The first kappa shape index (κ1) is 36.0. The number of hydrogen-bond donors (Lipinski definition) is 3. The Balaban J connectivity index is 1.24. The van der Waals surface area contributed by atoms with E-state index in [4.69, 9.17) is 16.4 Å². The van der Waals surface area contributed by atoms with Crippen LogP contribution in [0.25, 0.3) is 0 Å². The number of thiophene rings is 1. The lowest BCUT2D eigenvalue weighted by Gasteiger charge is -2.30.